The van der Waals surface area contributed by atoms with Gasteiger partial charge in [-0.25, -0.2) is 4.39 Å². The highest BCUT2D eigenvalue weighted by atomic mass is 35.5. The summed E-state index contributed by atoms with van der Waals surface area (Å²) in [6.07, 6.45) is 0.709. The van der Waals surface area contributed by atoms with Gasteiger partial charge in [0.05, 0.1) is 18.2 Å². The van der Waals surface area contributed by atoms with Crippen LogP contribution < -0.4 is 10.6 Å². The third kappa shape index (κ3) is 3.14. The summed E-state index contributed by atoms with van der Waals surface area (Å²) in [4.78, 5) is 27.8. The summed E-state index contributed by atoms with van der Waals surface area (Å²) in [5.41, 5.74) is 0.431. The summed E-state index contributed by atoms with van der Waals surface area (Å²) in [7, 11) is 0. The Morgan fingerprint density at radius 3 is 2.91 bits per heavy atom. The molecule has 4 atom stereocenters. The van der Waals surface area contributed by atoms with Crippen LogP contribution in [-0.4, -0.2) is 48.6 Å². The predicted octanol–water partition coefficient (Wildman–Crippen LogP) is 3.67. The van der Waals surface area contributed by atoms with Crippen molar-refractivity contribution in [3.8, 4) is 0 Å². The molecule has 5 rings (SSSR count). The molecule has 3 heterocycles. The molecule has 3 aliphatic rings. The number of carbonyl (C=O) groups excluding carboxylic acids is 2. The molecular formula is C23H22Cl2FN3O3. The minimum absolute atomic E-state index is 0.00854. The maximum atomic E-state index is 15.4. The van der Waals surface area contributed by atoms with Crippen LogP contribution in [0.25, 0.3) is 0 Å². The van der Waals surface area contributed by atoms with Gasteiger partial charge in [-0.1, -0.05) is 41.4 Å². The molecule has 6 nitrogen and oxygen atoms in total. The first kappa shape index (κ1) is 21.6. The van der Waals surface area contributed by atoms with Crippen LogP contribution in [0.5, 0.6) is 0 Å². The number of anilines is 1. The van der Waals surface area contributed by atoms with E-state index in [1.54, 1.807) is 37.3 Å². The molecule has 32 heavy (non-hydrogen) atoms. The van der Waals surface area contributed by atoms with Gasteiger partial charge in [0.15, 0.2) is 0 Å². The fraction of sp³-hybridized carbons (Fsp3) is 0.391. The molecule has 0 bridgehead atoms. The van der Waals surface area contributed by atoms with Crippen molar-refractivity contribution in [3.05, 3.63) is 63.4 Å². The Morgan fingerprint density at radius 2 is 2.12 bits per heavy atom. The number of carbonyl (C=O) groups is 2. The van der Waals surface area contributed by atoms with Crippen molar-refractivity contribution < 1.29 is 18.7 Å². The monoisotopic (exact) mass is 477 g/mol. The van der Waals surface area contributed by atoms with Gasteiger partial charge in [0, 0.05) is 40.8 Å². The molecule has 1 spiro atoms. The number of amides is 1. The van der Waals surface area contributed by atoms with Crippen molar-refractivity contribution in [2.24, 2.45) is 0 Å². The van der Waals surface area contributed by atoms with Crippen LogP contribution in [-0.2, 0) is 19.9 Å². The second-order valence-electron chi connectivity index (χ2n) is 8.38. The fourth-order valence-corrected chi connectivity index (χ4v) is 5.97. The minimum Gasteiger partial charge on any atom is -0.465 e. The first-order valence-electron chi connectivity index (χ1n) is 10.6. The van der Waals surface area contributed by atoms with Crippen molar-refractivity contribution in [3.63, 3.8) is 0 Å². The number of nitrogens with zero attached hydrogens (tertiary/aromatic N) is 1. The molecule has 2 N–H and O–H groups in total. The van der Waals surface area contributed by atoms with Gasteiger partial charge in [-0.2, -0.15) is 0 Å². The van der Waals surface area contributed by atoms with E-state index in [0.717, 1.165) is 0 Å². The largest absolute Gasteiger partial charge is 0.465 e. The standard InChI is InChI=1S/C23H22Cl2FN3O3/c1-2-32-18(30)11-29-9-8-16-21(29)19(13-4-3-5-15(25)20(13)26)23(28-16)14-7-6-12(24)10-17(14)27-22(23)31/h3-7,10,16,19,21,28H,2,8-9,11H2,1H3,(H,27,31)/t16-,19-,21+,23+/m0/s1. The van der Waals surface area contributed by atoms with Crippen molar-refractivity contribution in [2.45, 2.75) is 36.9 Å². The molecule has 3 aliphatic heterocycles. The van der Waals surface area contributed by atoms with Crippen molar-refractivity contribution in [2.75, 3.05) is 25.0 Å². The highest BCUT2D eigenvalue weighted by Gasteiger charge is 2.65. The van der Waals surface area contributed by atoms with Crippen molar-refractivity contribution >= 4 is 40.8 Å². The topological polar surface area (TPSA) is 70.7 Å². The Labute approximate surface area is 195 Å². The van der Waals surface area contributed by atoms with Gasteiger partial charge in [-0.05, 0) is 37.1 Å². The number of nitrogens with one attached hydrogen (secondary N) is 2. The first-order valence-corrected chi connectivity index (χ1v) is 11.3. The highest BCUT2D eigenvalue weighted by molar-refractivity contribution is 6.31. The molecule has 168 valence electrons. The van der Waals surface area contributed by atoms with E-state index in [1.807, 2.05) is 4.90 Å². The molecule has 9 heteroatoms. The Balaban J connectivity index is 1.67. The number of rotatable bonds is 4. The van der Waals surface area contributed by atoms with Crippen LogP contribution in [0.4, 0.5) is 10.1 Å². The SMILES string of the molecule is CCOC(=O)CN1CC[C@@H]2N[C@@]3(C(=O)Nc4cc(Cl)ccc43)[C@@H](c3cccc(Cl)c3F)[C@@H]21. The van der Waals surface area contributed by atoms with E-state index in [4.69, 9.17) is 27.9 Å². The van der Waals surface area contributed by atoms with Gasteiger partial charge in [0.25, 0.3) is 0 Å². The minimum atomic E-state index is -1.21. The summed E-state index contributed by atoms with van der Waals surface area (Å²) in [5.74, 6) is -1.79. The highest BCUT2D eigenvalue weighted by Crippen LogP contribution is 2.55. The number of hydrogen-bond donors (Lipinski definition) is 2. The zero-order valence-corrected chi connectivity index (χ0v) is 18.8. The Bertz CT molecular complexity index is 1110. The number of halogens is 3. The Kier molecular flexibility index (Phi) is 5.40. The molecule has 0 radical (unpaired) electrons. The number of esters is 1. The third-order valence-electron chi connectivity index (χ3n) is 6.75. The number of hydrogen-bond acceptors (Lipinski definition) is 5. The average molecular weight is 478 g/mol. The van der Waals surface area contributed by atoms with E-state index in [0.29, 0.717) is 34.8 Å². The van der Waals surface area contributed by atoms with E-state index in [-0.39, 0.29) is 42.1 Å². The maximum Gasteiger partial charge on any atom is 0.320 e. The summed E-state index contributed by atoms with van der Waals surface area (Å²) < 4.78 is 20.6. The van der Waals surface area contributed by atoms with Gasteiger partial charge in [0.2, 0.25) is 5.91 Å². The second-order valence-corrected chi connectivity index (χ2v) is 9.22. The van der Waals surface area contributed by atoms with E-state index in [2.05, 4.69) is 10.6 Å². The lowest BCUT2D eigenvalue weighted by molar-refractivity contribution is -0.144. The van der Waals surface area contributed by atoms with Gasteiger partial charge in [-0.15, -0.1) is 0 Å². The molecule has 2 saturated heterocycles. The molecular weight excluding hydrogens is 456 g/mol. The van der Waals surface area contributed by atoms with Crippen LogP contribution in [0.3, 0.4) is 0 Å². The third-order valence-corrected chi connectivity index (χ3v) is 7.28. The lowest BCUT2D eigenvalue weighted by Crippen LogP contribution is -2.50. The predicted molar refractivity (Wildman–Crippen MR) is 119 cm³/mol. The zero-order valence-electron chi connectivity index (χ0n) is 17.3. The number of ether oxygens (including phenoxy) is 1. The van der Waals surface area contributed by atoms with Gasteiger partial charge in [-0.3, -0.25) is 19.8 Å². The van der Waals surface area contributed by atoms with Crippen molar-refractivity contribution in [1.29, 1.82) is 0 Å². The first-order chi connectivity index (χ1) is 15.4. The summed E-state index contributed by atoms with van der Waals surface area (Å²) in [6.45, 7) is 2.74. The molecule has 1 amide bonds. The molecule has 0 aromatic heterocycles. The lowest BCUT2D eigenvalue weighted by atomic mass is 9.74. The molecule has 0 unspecified atom stereocenters. The van der Waals surface area contributed by atoms with Crippen LogP contribution in [0, 0.1) is 5.82 Å². The van der Waals surface area contributed by atoms with Gasteiger partial charge in [0.1, 0.15) is 11.4 Å². The smallest absolute Gasteiger partial charge is 0.320 e. The molecule has 2 aromatic carbocycles. The molecule has 0 saturated carbocycles. The molecule has 2 aromatic rings. The second kappa shape index (κ2) is 7.99. The fourth-order valence-electron chi connectivity index (χ4n) is 5.61. The Hall–Kier alpha value is -2.19. The van der Waals surface area contributed by atoms with E-state index >= 15 is 4.39 Å². The maximum absolute atomic E-state index is 15.4. The van der Waals surface area contributed by atoms with E-state index in [9.17, 15) is 9.59 Å². The number of benzene rings is 2. The van der Waals surface area contributed by atoms with E-state index < -0.39 is 17.3 Å². The number of fused-ring (bicyclic) bond motifs is 3. The molecule has 2 fully saturated rings. The lowest BCUT2D eigenvalue weighted by Gasteiger charge is -2.36. The average Bonchev–Trinajstić information content (AvgIpc) is 3.36. The molecule has 0 aliphatic carbocycles. The summed E-state index contributed by atoms with van der Waals surface area (Å²) >= 11 is 12.3. The van der Waals surface area contributed by atoms with Crippen LogP contribution >= 0.6 is 23.2 Å². The van der Waals surface area contributed by atoms with Gasteiger partial charge >= 0.3 is 5.97 Å². The summed E-state index contributed by atoms with van der Waals surface area (Å²) in [6, 6.07) is 9.62. The van der Waals surface area contributed by atoms with E-state index in [1.165, 1.54) is 6.07 Å². The number of likely N-dealkylation sites (tertiary alicyclic amines) is 1. The van der Waals surface area contributed by atoms with Crippen molar-refractivity contribution in [1.82, 2.24) is 10.2 Å². The van der Waals surface area contributed by atoms with Crippen LogP contribution in [0.2, 0.25) is 10.0 Å². The summed E-state index contributed by atoms with van der Waals surface area (Å²) in [5, 5.41) is 6.93. The van der Waals surface area contributed by atoms with Crippen LogP contribution in [0.15, 0.2) is 36.4 Å². The zero-order chi connectivity index (χ0) is 22.6. The van der Waals surface area contributed by atoms with Crippen LogP contribution in [0.1, 0.15) is 30.4 Å². The normalized spacial score (nSPS) is 28.6. The quantitative estimate of drug-likeness (QED) is 0.657. The Morgan fingerprint density at radius 1 is 1.31 bits per heavy atom. The van der Waals surface area contributed by atoms with Gasteiger partial charge < -0.3 is 10.1 Å².